The fourth-order valence-electron chi connectivity index (χ4n) is 5.48. The van der Waals surface area contributed by atoms with E-state index >= 15 is 8.78 Å². The molecule has 1 N–H and O–H groups in total. The van der Waals surface area contributed by atoms with E-state index in [0.717, 1.165) is 0 Å². The number of piperidine rings is 1. The predicted molar refractivity (Wildman–Crippen MR) is 111 cm³/mol. The van der Waals surface area contributed by atoms with Crippen molar-refractivity contribution in [2.24, 2.45) is 5.41 Å². The molecule has 4 atom stereocenters. The molecule has 3 aliphatic heterocycles. The van der Waals surface area contributed by atoms with Crippen LogP contribution < -0.4 is 10.2 Å². The number of benzene rings is 1. The van der Waals surface area contributed by atoms with Gasteiger partial charge in [-0.1, -0.05) is 6.92 Å². The maximum Gasteiger partial charge on any atom is 0.242 e. The Kier molecular flexibility index (Phi) is 4.89. The van der Waals surface area contributed by atoms with Crippen LogP contribution in [0.3, 0.4) is 0 Å². The molecule has 33 heavy (non-hydrogen) atoms. The number of oxazole rings is 1. The van der Waals surface area contributed by atoms with E-state index < -0.39 is 53.2 Å². The van der Waals surface area contributed by atoms with Gasteiger partial charge in [0.2, 0.25) is 17.7 Å². The zero-order valence-electron chi connectivity index (χ0n) is 18.4. The SMILES string of the molecule is CCc1coc(-c2cc3c(c(F)c2F)N2C[C@H](C)O[C@H](C)[C@H]2C2(C3)C(=O)CC(=O)NC2=O)n1. The maximum absolute atomic E-state index is 15.6. The number of carbonyl (C=O) groups is 3. The van der Waals surface area contributed by atoms with Gasteiger partial charge in [-0.05, 0) is 38.3 Å². The largest absolute Gasteiger partial charge is 0.444 e. The van der Waals surface area contributed by atoms with Gasteiger partial charge in [0.1, 0.15) is 11.7 Å². The average molecular weight is 459 g/mol. The van der Waals surface area contributed by atoms with Crippen molar-refractivity contribution in [2.75, 3.05) is 11.4 Å². The number of morpholine rings is 1. The first kappa shape index (κ1) is 21.7. The first-order valence-electron chi connectivity index (χ1n) is 10.9. The van der Waals surface area contributed by atoms with Crippen LogP contribution in [0.1, 0.15) is 38.4 Å². The number of fused-ring (bicyclic) bond motifs is 4. The summed E-state index contributed by atoms with van der Waals surface area (Å²) >= 11 is 0. The normalized spacial score (nSPS) is 29.2. The second kappa shape index (κ2) is 7.44. The molecule has 10 heteroatoms. The van der Waals surface area contributed by atoms with Gasteiger partial charge >= 0.3 is 0 Å². The van der Waals surface area contributed by atoms with Crippen LogP contribution in [-0.2, 0) is 32.0 Å². The van der Waals surface area contributed by atoms with E-state index in [1.165, 1.54) is 12.3 Å². The number of rotatable bonds is 2. The van der Waals surface area contributed by atoms with Crippen molar-refractivity contribution in [3.05, 3.63) is 35.2 Å². The van der Waals surface area contributed by atoms with Crippen molar-refractivity contribution in [1.82, 2.24) is 10.3 Å². The van der Waals surface area contributed by atoms with Crippen LogP contribution in [0.2, 0.25) is 0 Å². The number of anilines is 1. The number of hydrogen-bond acceptors (Lipinski definition) is 7. The van der Waals surface area contributed by atoms with E-state index in [4.69, 9.17) is 9.15 Å². The topological polar surface area (TPSA) is 102 Å². The molecule has 0 bridgehead atoms. The highest BCUT2D eigenvalue weighted by Gasteiger charge is 2.62. The number of amides is 2. The van der Waals surface area contributed by atoms with Crippen LogP contribution >= 0.6 is 0 Å². The molecule has 8 nitrogen and oxygen atoms in total. The first-order valence-corrected chi connectivity index (χ1v) is 10.9. The lowest BCUT2D eigenvalue weighted by atomic mass is 9.63. The molecule has 1 aromatic heterocycles. The number of halogens is 2. The summed E-state index contributed by atoms with van der Waals surface area (Å²) < 4.78 is 42.1. The number of Topliss-reactive ketones (excluding diaryl/α,β-unsaturated/α-hetero) is 1. The number of ketones is 1. The van der Waals surface area contributed by atoms with Crippen LogP contribution in [-0.4, -0.2) is 47.4 Å². The monoisotopic (exact) mass is 459 g/mol. The molecule has 2 fully saturated rings. The smallest absolute Gasteiger partial charge is 0.242 e. The molecule has 1 unspecified atom stereocenters. The lowest BCUT2D eigenvalue weighted by Crippen LogP contribution is -2.72. The van der Waals surface area contributed by atoms with Crippen molar-refractivity contribution in [1.29, 1.82) is 0 Å². The first-order chi connectivity index (χ1) is 15.7. The van der Waals surface area contributed by atoms with E-state index in [1.807, 2.05) is 6.92 Å². The zero-order valence-corrected chi connectivity index (χ0v) is 18.4. The Balaban J connectivity index is 1.73. The molecule has 0 aliphatic carbocycles. The van der Waals surface area contributed by atoms with E-state index in [0.29, 0.717) is 12.1 Å². The standard InChI is InChI=1S/C23H23F2N3O5/c1-4-13-9-32-21(26-13)14-5-12-7-23(15(29)6-16(30)27-22(23)31)20-11(3)33-10(2)8-28(20)19(12)18(25)17(14)24/h5,9-11,20H,4,6-8H2,1-3H3,(H,27,30,31)/t10-,11+,20-,23?/m0/s1. The van der Waals surface area contributed by atoms with Crippen molar-refractivity contribution in [3.63, 3.8) is 0 Å². The minimum atomic E-state index is -1.67. The van der Waals surface area contributed by atoms with Gasteiger partial charge < -0.3 is 14.1 Å². The zero-order chi connectivity index (χ0) is 23.7. The number of imide groups is 1. The molecule has 3 aliphatic rings. The van der Waals surface area contributed by atoms with Crippen LogP contribution in [0.4, 0.5) is 14.5 Å². The number of ether oxygens (including phenoxy) is 1. The van der Waals surface area contributed by atoms with E-state index in [1.54, 1.807) is 18.7 Å². The summed E-state index contributed by atoms with van der Waals surface area (Å²) in [6, 6.07) is 0.494. The molecule has 2 amide bonds. The van der Waals surface area contributed by atoms with Crippen LogP contribution in [0.15, 0.2) is 16.7 Å². The summed E-state index contributed by atoms with van der Waals surface area (Å²) in [6.07, 6.45) is 0.252. The number of aromatic nitrogens is 1. The molecule has 0 saturated carbocycles. The highest BCUT2D eigenvalue weighted by molar-refractivity contribution is 6.22. The van der Waals surface area contributed by atoms with Crippen molar-refractivity contribution in [2.45, 2.75) is 58.3 Å². The van der Waals surface area contributed by atoms with E-state index in [2.05, 4.69) is 10.3 Å². The molecule has 1 spiro atoms. The molecule has 0 radical (unpaired) electrons. The summed E-state index contributed by atoms with van der Waals surface area (Å²) in [7, 11) is 0. The third-order valence-corrected chi connectivity index (χ3v) is 6.82. The minimum Gasteiger partial charge on any atom is -0.444 e. The van der Waals surface area contributed by atoms with Gasteiger partial charge in [-0.15, -0.1) is 0 Å². The highest BCUT2D eigenvalue weighted by Crippen LogP contribution is 2.50. The second-order valence-corrected chi connectivity index (χ2v) is 8.93. The Morgan fingerprint density at radius 2 is 2.00 bits per heavy atom. The van der Waals surface area contributed by atoms with Crippen molar-refractivity contribution in [3.8, 4) is 11.5 Å². The maximum atomic E-state index is 15.6. The van der Waals surface area contributed by atoms with Gasteiger partial charge in [-0.3, -0.25) is 19.7 Å². The van der Waals surface area contributed by atoms with Crippen LogP contribution in [0, 0.1) is 17.0 Å². The molecular formula is C23H23F2N3O5. The highest BCUT2D eigenvalue weighted by atomic mass is 19.2. The van der Waals surface area contributed by atoms with Gasteiger partial charge in [0.05, 0.1) is 41.6 Å². The lowest BCUT2D eigenvalue weighted by molar-refractivity contribution is -0.158. The molecule has 5 rings (SSSR count). The number of nitrogens with one attached hydrogen (secondary N) is 1. The molecule has 4 heterocycles. The Hall–Kier alpha value is -3.14. The Labute approximate surface area is 188 Å². The summed E-state index contributed by atoms with van der Waals surface area (Å²) in [6.45, 7) is 5.47. The van der Waals surface area contributed by atoms with Gasteiger partial charge in [-0.25, -0.2) is 13.8 Å². The fourth-order valence-corrected chi connectivity index (χ4v) is 5.48. The number of nitrogens with zero attached hydrogens (tertiary/aromatic N) is 2. The Bertz CT molecular complexity index is 1170. The van der Waals surface area contributed by atoms with Crippen LogP contribution in [0.25, 0.3) is 11.5 Å². The fraction of sp³-hybridized carbons (Fsp3) is 0.478. The average Bonchev–Trinajstić information content (AvgIpc) is 3.22. The minimum absolute atomic E-state index is 0.00588. The summed E-state index contributed by atoms with van der Waals surface area (Å²) in [4.78, 5) is 44.1. The number of carbonyl (C=O) groups excluding carboxylic acids is 3. The van der Waals surface area contributed by atoms with Gasteiger partial charge in [0, 0.05) is 6.54 Å². The summed E-state index contributed by atoms with van der Waals surface area (Å²) in [5.41, 5.74) is -1.01. The lowest BCUT2D eigenvalue weighted by Gasteiger charge is -2.55. The summed E-state index contributed by atoms with van der Waals surface area (Å²) in [5.74, 6) is -4.28. The molecule has 2 saturated heterocycles. The Morgan fingerprint density at radius 1 is 1.24 bits per heavy atom. The quantitative estimate of drug-likeness (QED) is 0.543. The third kappa shape index (κ3) is 3.03. The molecule has 1 aromatic carbocycles. The number of hydrogen-bond donors (Lipinski definition) is 1. The van der Waals surface area contributed by atoms with Gasteiger partial charge in [0.15, 0.2) is 17.4 Å². The molecule has 2 aromatic rings. The van der Waals surface area contributed by atoms with Crippen LogP contribution in [0.5, 0.6) is 0 Å². The Morgan fingerprint density at radius 3 is 2.67 bits per heavy atom. The van der Waals surface area contributed by atoms with E-state index in [-0.39, 0.29) is 41.8 Å². The van der Waals surface area contributed by atoms with Gasteiger partial charge in [-0.2, -0.15) is 0 Å². The predicted octanol–water partition coefficient (Wildman–Crippen LogP) is 2.32. The van der Waals surface area contributed by atoms with E-state index in [9.17, 15) is 14.4 Å². The van der Waals surface area contributed by atoms with Crippen molar-refractivity contribution < 1.29 is 32.3 Å². The second-order valence-electron chi connectivity index (χ2n) is 8.93. The number of aryl methyl sites for hydroxylation is 1. The third-order valence-electron chi connectivity index (χ3n) is 6.82. The summed E-state index contributed by atoms with van der Waals surface area (Å²) in [5, 5.41) is 2.27. The molecular weight excluding hydrogens is 436 g/mol. The van der Waals surface area contributed by atoms with Crippen molar-refractivity contribution >= 4 is 23.3 Å². The molecule has 174 valence electrons. The van der Waals surface area contributed by atoms with Gasteiger partial charge in [0.25, 0.3) is 0 Å².